The molecule has 3 amide bonds. The number of carbonyl (C=O) groups is 5. The SMILES string of the molecule is CC(C)(C)OC(=O)NCCCC[C@@H](NC(=O)[C@@H](Cc1ccccc1)NC(=O)OCc1ccccc1)C(=O)COC(=O)CNC(c1ccccc1)(c1ccccc1)c1ccccc1. The highest BCUT2D eigenvalue weighted by Gasteiger charge is 2.37. The van der Waals surface area contributed by atoms with Crippen molar-refractivity contribution in [1.29, 1.82) is 0 Å². The average molecular weight is 841 g/mol. The average Bonchev–Trinajstić information content (AvgIpc) is 3.28. The molecule has 62 heavy (non-hydrogen) atoms. The summed E-state index contributed by atoms with van der Waals surface area (Å²) >= 11 is 0. The lowest BCUT2D eigenvalue weighted by molar-refractivity contribution is -0.148. The molecule has 324 valence electrons. The summed E-state index contributed by atoms with van der Waals surface area (Å²) in [6, 6.07) is 45.4. The quantitative estimate of drug-likeness (QED) is 0.0256. The molecule has 4 N–H and O–H groups in total. The van der Waals surface area contributed by atoms with E-state index in [9.17, 15) is 24.0 Å². The van der Waals surface area contributed by atoms with Gasteiger partial charge in [-0.15, -0.1) is 0 Å². The normalized spacial score (nSPS) is 12.2. The number of benzene rings is 5. The molecule has 0 aliphatic heterocycles. The number of alkyl carbamates (subject to hydrolysis) is 2. The zero-order chi connectivity index (χ0) is 44.2. The maximum absolute atomic E-state index is 14.0. The molecule has 0 radical (unpaired) electrons. The summed E-state index contributed by atoms with van der Waals surface area (Å²) in [5.74, 6) is -1.85. The van der Waals surface area contributed by atoms with E-state index in [0.717, 1.165) is 27.8 Å². The van der Waals surface area contributed by atoms with Crippen molar-refractivity contribution in [2.24, 2.45) is 0 Å². The standard InChI is InChI=1S/C50H56N4O8/c1-49(2,3)62-47(58)51-32-20-19-31-42(53-46(57)43(33-37-21-9-4-10-22-37)54-48(59)61-35-38-23-11-5-12-24-38)44(55)36-60-45(56)34-52-50(39-25-13-6-14-26-39,40-27-15-7-16-28-40)41-29-17-8-18-30-41/h4-18,21-30,42-43,52H,19-20,31-36H2,1-3H3,(H,51,58)(H,53,57)(H,54,59)/t42-,43-/m1/s1. The third-order valence-corrected chi connectivity index (χ3v) is 9.89. The number of ketones is 1. The van der Waals surface area contributed by atoms with Gasteiger partial charge >= 0.3 is 18.2 Å². The Morgan fingerprint density at radius 3 is 1.58 bits per heavy atom. The largest absolute Gasteiger partial charge is 0.457 e. The van der Waals surface area contributed by atoms with Crippen LogP contribution in [0, 0.1) is 0 Å². The van der Waals surface area contributed by atoms with Crippen LogP contribution in [0.15, 0.2) is 152 Å². The van der Waals surface area contributed by atoms with Crippen molar-refractivity contribution in [2.75, 3.05) is 19.7 Å². The fraction of sp³-hybridized carbons (Fsp3) is 0.300. The summed E-state index contributed by atoms with van der Waals surface area (Å²) < 4.78 is 16.4. The molecule has 5 aromatic rings. The van der Waals surface area contributed by atoms with E-state index in [1.165, 1.54) is 0 Å². The van der Waals surface area contributed by atoms with Crippen molar-refractivity contribution in [3.63, 3.8) is 0 Å². The Hall–Kier alpha value is -6.79. The number of hydrogen-bond donors (Lipinski definition) is 4. The van der Waals surface area contributed by atoms with Crippen molar-refractivity contribution in [1.82, 2.24) is 21.3 Å². The van der Waals surface area contributed by atoms with E-state index in [-0.39, 0.29) is 32.5 Å². The van der Waals surface area contributed by atoms with Crippen molar-refractivity contribution < 1.29 is 38.2 Å². The second-order valence-electron chi connectivity index (χ2n) is 15.8. The zero-order valence-corrected chi connectivity index (χ0v) is 35.5. The number of rotatable bonds is 21. The molecule has 0 aliphatic rings. The van der Waals surface area contributed by atoms with Crippen LogP contribution in [0.25, 0.3) is 0 Å². The van der Waals surface area contributed by atoms with Crippen LogP contribution in [0.4, 0.5) is 9.59 Å². The Balaban J connectivity index is 1.29. The van der Waals surface area contributed by atoms with Gasteiger partial charge in [0.1, 0.15) is 18.2 Å². The van der Waals surface area contributed by atoms with E-state index in [1.807, 2.05) is 152 Å². The highest BCUT2D eigenvalue weighted by atomic mass is 16.6. The number of nitrogens with one attached hydrogen (secondary N) is 4. The predicted octanol–water partition coefficient (Wildman–Crippen LogP) is 7.40. The summed E-state index contributed by atoms with van der Waals surface area (Å²) in [6.45, 7) is 4.69. The molecule has 0 saturated heterocycles. The summed E-state index contributed by atoms with van der Waals surface area (Å²) in [5, 5.41) is 11.7. The lowest BCUT2D eigenvalue weighted by Gasteiger charge is -2.36. The first-order chi connectivity index (χ1) is 29.9. The molecular weight excluding hydrogens is 785 g/mol. The van der Waals surface area contributed by atoms with Gasteiger partial charge in [-0.1, -0.05) is 152 Å². The molecule has 12 nitrogen and oxygen atoms in total. The lowest BCUT2D eigenvalue weighted by atomic mass is 9.77. The first-order valence-electron chi connectivity index (χ1n) is 20.8. The van der Waals surface area contributed by atoms with Crippen molar-refractivity contribution in [3.05, 3.63) is 179 Å². The molecule has 0 aliphatic carbocycles. The van der Waals surface area contributed by atoms with Gasteiger partial charge < -0.3 is 30.2 Å². The second kappa shape index (κ2) is 23.3. The zero-order valence-electron chi connectivity index (χ0n) is 35.5. The van der Waals surface area contributed by atoms with Gasteiger partial charge in [0.25, 0.3) is 0 Å². The maximum atomic E-state index is 14.0. The topological polar surface area (TPSA) is 161 Å². The van der Waals surface area contributed by atoms with Gasteiger partial charge in [0, 0.05) is 13.0 Å². The van der Waals surface area contributed by atoms with Crippen molar-refractivity contribution in [2.45, 2.75) is 76.3 Å². The van der Waals surface area contributed by atoms with E-state index in [1.54, 1.807) is 20.8 Å². The van der Waals surface area contributed by atoms with Crippen LogP contribution < -0.4 is 21.3 Å². The van der Waals surface area contributed by atoms with Crippen molar-refractivity contribution in [3.8, 4) is 0 Å². The minimum absolute atomic E-state index is 0.00577. The van der Waals surface area contributed by atoms with E-state index in [2.05, 4.69) is 21.3 Å². The minimum Gasteiger partial charge on any atom is -0.457 e. The first kappa shape index (κ1) is 46.3. The Labute approximate surface area is 363 Å². The van der Waals surface area contributed by atoms with Crippen LogP contribution in [0.3, 0.4) is 0 Å². The molecule has 0 bridgehead atoms. The fourth-order valence-corrected chi connectivity index (χ4v) is 6.91. The number of unbranched alkanes of at least 4 members (excludes halogenated alkanes) is 1. The summed E-state index contributed by atoms with van der Waals surface area (Å²) in [7, 11) is 0. The third-order valence-electron chi connectivity index (χ3n) is 9.89. The number of ether oxygens (including phenoxy) is 3. The van der Waals surface area contributed by atoms with Gasteiger partial charge in [-0.3, -0.25) is 19.7 Å². The third kappa shape index (κ3) is 14.4. The molecule has 12 heteroatoms. The molecule has 0 unspecified atom stereocenters. The Bertz CT molecular complexity index is 2070. The van der Waals surface area contributed by atoms with Crippen molar-refractivity contribution >= 4 is 29.8 Å². The summed E-state index contributed by atoms with van der Waals surface area (Å²) in [5.41, 5.74) is 2.62. The second-order valence-corrected chi connectivity index (χ2v) is 15.8. The van der Waals surface area contributed by atoms with E-state index in [0.29, 0.717) is 12.8 Å². The number of hydrogen-bond acceptors (Lipinski definition) is 9. The molecule has 0 spiro atoms. The Kier molecular flexibility index (Phi) is 17.4. The number of carbonyl (C=O) groups excluding carboxylic acids is 5. The van der Waals surface area contributed by atoms with Crippen LogP contribution in [-0.4, -0.2) is 67.2 Å². The minimum atomic E-state index is -1.11. The summed E-state index contributed by atoms with van der Waals surface area (Å²) in [4.78, 5) is 66.7. The summed E-state index contributed by atoms with van der Waals surface area (Å²) in [6.07, 6.45) is -0.234. The van der Waals surface area contributed by atoms with E-state index >= 15 is 0 Å². The number of esters is 1. The van der Waals surface area contributed by atoms with Gasteiger partial charge in [-0.25, -0.2) is 9.59 Å². The highest BCUT2D eigenvalue weighted by Crippen LogP contribution is 2.36. The molecule has 5 aromatic carbocycles. The first-order valence-corrected chi connectivity index (χ1v) is 20.8. The van der Waals surface area contributed by atoms with Crippen LogP contribution in [0.1, 0.15) is 67.9 Å². The van der Waals surface area contributed by atoms with Crippen LogP contribution in [-0.2, 0) is 47.2 Å². The fourth-order valence-electron chi connectivity index (χ4n) is 6.91. The molecule has 0 fully saturated rings. The number of Topliss-reactive ketones (excluding diaryl/α,β-unsaturated/α-hetero) is 1. The molecule has 5 rings (SSSR count). The van der Waals surface area contributed by atoms with Gasteiger partial charge in [0.2, 0.25) is 5.91 Å². The monoisotopic (exact) mass is 840 g/mol. The van der Waals surface area contributed by atoms with E-state index in [4.69, 9.17) is 14.2 Å². The molecule has 0 heterocycles. The smallest absolute Gasteiger partial charge is 0.408 e. The number of amides is 3. The van der Waals surface area contributed by atoms with Crippen LogP contribution >= 0.6 is 0 Å². The molecular formula is C50H56N4O8. The van der Waals surface area contributed by atoms with Gasteiger partial charge in [0.15, 0.2) is 12.4 Å². The predicted molar refractivity (Wildman–Crippen MR) is 237 cm³/mol. The van der Waals surface area contributed by atoms with Gasteiger partial charge in [-0.2, -0.15) is 0 Å². The molecule has 0 aromatic heterocycles. The maximum Gasteiger partial charge on any atom is 0.408 e. The Morgan fingerprint density at radius 2 is 1.06 bits per heavy atom. The lowest BCUT2D eigenvalue weighted by Crippen LogP contribution is -2.53. The highest BCUT2D eigenvalue weighted by molar-refractivity contribution is 5.93. The van der Waals surface area contributed by atoms with Gasteiger partial charge in [-0.05, 0) is 67.9 Å². The Morgan fingerprint density at radius 1 is 0.565 bits per heavy atom. The molecule has 0 saturated carbocycles. The van der Waals surface area contributed by atoms with Crippen LogP contribution in [0.2, 0.25) is 0 Å². The van der Waals surface area contributed by atoms with Crippen LogP contribution in [0.5, 0.6) is 0 Å². The van der Waals surface area contributed by atoms with E-state index < -0.39 is 59.7 Å². The van der Waals surface area contributed by atoms with Gasteiger partial charge in [0.05, 0.1) is 18.1 Å². The molecule has 2 atom stereocenters.